The van der Waals surface area contributed by atoms with Crippen LogP contribution in [-0.2, 0) is 9.59 Å². The van der Waals surface area contributed by atoms with E-state index < -0.39 is 0 Å². The van der Waals surface area contributed by atoms with E-state index in [-0.39, 0.29) is 22.5 Å². The quantitative estimate of drug-likeness (QED) is 0.375. The summed E-state index contributed by atoms with van der Waals surface area (Å²) in [6.45, 7) is 7.42. The molecule has 8 heteroatoms. The minimum absolute atomic E-state index is 0.124. The lowest BCUT2D eigenvalue weighted by Gasteiger charge is -2.35. The van der Waals surface area contributed by atoms with Crippen molar-refractivity contribution in [3.8, 4) is 0 Å². The fraction of sp³-hybridized carbons (Fsp3) is 0.286. The number of carbonyl (C=O) groups is 2. The van der Waals surface area contributed by atoms with Gasteiger partial charge in [-0.1, -0.05) is 35.5 Å². The molecule has 2 aliphatic rings. The Bertz CT molecular complexity index is 927. The van der Waals surface area contributed by atoms with Crippen molar-refractivity contribution in [1.29, 1.82) is 0 Å². The van der Waals surface area contributed by atoms with Crippen molar-refractivity contribution in [2.75, 3.05) is 24.5 Å². The van der Waals surface area contributed by atoms with Gasteiger partial charge in [-0.05, 0) is 63.3 Å². The summed E-state index contributed by atoms with van der Waals surface area (Å²) in [6.07, 6.45) is 7.09. The standard InChI is InChI=1S/C21H22ClN3O2S2/c1-4-23-16-13-14(22)11-12-17(16)29-18(23)10-8-7-9-15-19(26)24(5-2)21(28)25(6-3)20(15)27/h7-13H,4-6H2,1-3H3. The number of likely N-dealkylation sites (N-methyl/N-ethyl adjacent to an activating group) is 2. The van der Waals surface area contributed by atoms with Gasteiger partial charge in [0.05, 0.1) is 10.7 Å². The van der Waals surface area contributed by atoms with Gasteiger partial charge in [-0.15, -0.1) is 0 Å². The van der Waals surface area contributed by atoms with Crippen LogP contribution in [0.5, 0.6) is 0 Å². The molecule has 5 nitrogen and oxygen atoms in total. The molecule has 0 atom stereocenters. The van der Waals surface area contributed by atoms with E-state index >= 15 is 0 Å². The average molecular weight is 448 g/mol. The maximum absolute atomic E-state index is 12.6. The summed E-state index contributed by atoms with van der Waals surface area (Å²) in [5.41, 5.74) is 1.21. The predicted octanol–water partition coefficient (Wildman–Crippen LogP) is 4.59. The predicted molar refractivity (Wildman–Crippen MR) is 123 cm³/mol. The number of benzene rings is 1. The molecule has 0 bridgehead atoms. The molecule has 29 heavy (non-hydrogen) atoms. The zero-order valence-corrected chi connectivity index (χ0v) is 18.9. The van der Waals surface area contributed by atoms with Crippen molar-refractivity contribution >= 4 is 58.2 Å². The first-order valence-corrected chi connectivity index (χ1v) is 11.0. The second-order valence-corrected chi connectivity index (χ2v) is 8.17. The molecule has 3 rings (SSSR count). The molecule has 1 aromatic carbocycles. The van der Waals surface area contributed by atoms with E-state index in [2.05, 4.69) is 11.8 Å². The highest BCUT2D eigenvalue weighted by Gasteiger charge is 2.37. The Morgan fingerprint density at radius 1 is 0.966 bits per heavy atom. The highest BCUT2D eigenvalue weighted by atomic mass is 35.5. The number of thiocarbonyl (C=S) groups is 1. The minimum atomic E-state index is -0.350. The van der Waals surface area contributed by atoms with Crippen LogP contribution in [0.15, 0.2) is 58.0 Å². The SMILES string of the molecule is CCN1C(=O)C(=CC=CC=C2Sc3ccc(Cl)cc3N2CC)C(=O)N(CC)C1=S. The molecule has 0 radical (unpaired) electrons. The summed E-state index contributed by atoms with van der Waals surface area (Å²) in [5, 5.41) is 2.04. The van der Waals surface area contributed by atoms with Crippen LogP contribution in [0.3, 0.4) is 0 Å². The zero-order chi connectivity index (χ0) is 21.1. The van der Waals surface area contributed by atoms with Gasteiger partial charge in [-0.3, -0.25) is 19.4 Å². The number of rotatable bonds is 5. The molecule has 0 saturated carbocycles. The monoisotopic (exact) mass is 447 g/mol. The van der Waals surface area contributed by atoms with Crippen LogP contribution in [0.25, 0.3) is 0 Å². The van der Waals surface area contributed by atoms with Crippen molar-refractivity contribution in [2.45, 2.75) is 25.7 Å². The maximum atomic E-state index is 12.6. The number of carbonyl (C=O) groups excluding carboxylic acids is 2. The molecular formula is C21H22ClN3O2S2. The number of amides is 2. The number of nitrogens with zero attached hydrogens (tertiary/aromatic N) is 3. The van der Waals surface area contributed by atoms with Crippen molar-refractivity contribution in [3.05, 3.63) is 58.1 Å². The summed E-state index contributed by atoms with van der Waals surface area (Å²) < 4.78 is 0. The lowest BCUT2D eigenvalue weighted by Crippen LogP contribution is -2.55. The number of hydrogen-bond acceptors (Lipinski definition) is 5. The zero-order valence-electron chi connectivity index (χ0n) is 16.5. The Morgan fingerprint density at radius 3 is 2.14 bits per heavy atom. The van der Waals surface area contributed by atoms with E-state index in [4.69, 9.17) is 23.8 Å². The lowest BCUT2D eigenvalue weighted by atomic mass is 10.1. The van der Waals surface area contributed by atoms with Crippen molar-refractivity contribution in [3.63, 3.8) is 0 Å². The van der Waals surface area contributed by atoms with E-state index in [1.54, 1.807) is 23.9 Å². The molecule has 1 saturated heterocycles. The first-order chi connectivity index (χ1) is 13.9. The molecule has 0 aromatic heterocycles. The van der Waals surface area contributed by atoms with Crippen LogP contribution in [0.4, 0.5) is 5.69 Å². The fourth-order valence-electron chi connectivity index (χ4n) is 3.22. The molecule has 0 aliphatic carbocycles. The Kier molecular flexibility index (Phi) is 6.82. The Balaban J connectivity index is 1.83. The normalized spacial score (nSPS) is 18.5. The van der Waals surface area contributed by atoms with Crippen LogP contribution < -0.4 is 4.90 Å². The van der Waals surface area contributed by atoms with Gasteiger partial charge in [0.1, 0.15) is 5.57 Å². The van der Waals surface area contributed by atoms with E-state index in [0.29, 0.717) is 18.1 Å². The molecule has 0 N–H and O–H groups in total. The second-order valence-electron chi connectivity index (χ2n) is 6.31. The Labute approximate surface area is 185 Å². The lowest BCUT2D eigenvalue weighted by molar-refractivity contribution is -0.133. The number of halogens is 1. The second kappa shape index (κ2) is 9.15. The smallest absolute Gasteiger partial charge is 0.265 e. The molecule has 0 unspecified atom stereocenters. The molecule has 1 fully saturated rings. The van der Waals surface area contributed by atoms with Gasteiger partial charge in [0.15, 0.2) is 5.11 Å². The summed E-state index contributed by atoms with van der Waals surface area (Å²) in [7, 11) is 0. The fourth-order valence-corrected chi connectivity index (χ4v) is 4.93. The first-order valence-electron chi connectivity index (χ1n) is 9.44. The first kappa shape index (κ1) is 21.6. The van der Waals surface area contributed by atoms with E-state index in [1.165, 1.54) is 9.80 Å². The molecular weight excluding hydrogens is 426 g/mol. The highest BCUT2D eigenvalue weighted by molar-refractivity contribution is 8.03. The third kappa shape index (κ3) is 4.13. The van der Waals surface area contributed by atoms with E-state index in [9.17, 15) is 9.59 Å². The molecule has 1 aromatic rings. The van der Waals surface area contributed by atoms with Crippen LogP contribution >= 0.6 is 35.6 Å². The molecule has 2 heterocycles. The summed E-state index contributed by atoms with van der Waals surface area (Å²) in [6, 6.07) is 5.85. The Hall–Kier alpha value is -2.09. The van der Waals surface area contributed by atoms with Gasteiger partial charge in [-0.25, -0.2) is 0 Å². The average Bonchev–Trinajstić information content (AvgIpc) is 3.04. The molecule has 0 spiro atoms. The van der Waals surface area contributed by atoms with Gasteiger partial charge in [0.2, 0.25) is 0 Å². The molecule has 2 amide bonds. The molecule has 2 aliphatic heterocycles. The number of thioether (sulfide) groups is 1. The van der Waals surface area contributed by atoms with Crippen LogP contribution in [0.1, 0.15) is 20.8 Å². The Morgan fingerprint density at radius 2 is 1.55 bits per heavy atom. The topological polar surface area (TPSA) is 43.9 Å². The number of allylic oxidation sites excluding steroid dienone is 4. The van der Waals surface area contributed by atoms with Gasteiger partial charge in [-0.2, -0.15) is 0 Å². The number of hydrogen-bond donors (Lipinski definition) is 0. The van der Waals surface area contributed by atoms with Crippen LogP contribution in [0, 0.1) is 0 Å². The van der Waals surface area contributed by atoms with E-state index in [1.807, 2.05) is 44.2 Å². The largest absolute Gasteiger partial charge is 0.335 e. The van der Waals surface area contributed by atoms with Gasteiger partial charge < -0.3 is 4.90 Å². The highest BCUT2D eigenvalue weighted by Crippen LogP contribution is 2.46. The van der Waals surface area contributed by atoms with Gasteiger partial charge >= 0.3 is 0 Å². The van der Waals surface area contributed by atoms with E-state index in [0.717, 1.165) is 22.2 Å². The van der Waals surface area contributed by atoms with Gasteiger partial charge in [0, 0.05) is 29.6 Å². The van der Waals surface area contributed by atoms with Crippen LogP contribution in [-0.4, -0.2) is 46.4 Å². The maximum Gasteiger partial charge on any atom is 0.265 e. The third-order valence-electron chi connectivity index (χ3n) is 4.67. The molecule has 152 valence electrons. The van der Waals surface area contributed by atoms with Crippen LogP contribution in [0.2, 0.25) is 5.02 Å². The van der Waals surface area contributed by atoms with Gasteiger partial charge in [0.25, 0.3) is 11.8 Å². The van der Waals surface area contributed by atoms with Crippen molar-refractivity contribution in [1.82, 2.24) is 9.80 Å². The summed E-state index contributed by atoms with van der Waals surface area (Å²) in [5.74, 6) is -0.700. The summed E-state index contributed by atoms with van der Waals surface area (Å²) >= 11 is 13.1. The van der Waals surface area contributed by atoms with Crippen molar-refractivity contribution in [2.24, 2.45) is 0 Å². The third-order valence-corrected chi connectivity index (χ3v) is 6.47. The number of fused-ring (bicyclic) bond motifs is 1. The minimum Gasteiger partial charge on any atom is -0.335 e. The van der Waals surface area contributed by atoms with Crippen molar-refractivity contribution < 1.29 is 9.59 Å². The number of anilines is 1. The summed E-state index contributed by atoms with van der Waals surface area (Å²) in [4.78, 5) is 31.5.